The van der Waals surface area contributed by atoms with Gasteiger partial charge in [-0.3, -0.25) is 0 Å². The third kappa shape index (κ3) is 2.57. The Morgan fingerprint density at radius 3 is 2.50 bits per heavy atom. The van der Waals surface area contributed by atoms with E-state index in [1.165, 1.54) is 12.1 Å². The molecule has 0 aliphatic carbocycles. The summed E-state index contributed by atoms with van der Waals surface area (Å²) in [5, 5.41) is 0. The molecule has 2 nitrogen and oxygen atoms in total. The van der Waals surface area contributed by atoms with Crippen LogP contribution in [-0.4, -0.2) is 12.6 Å². The van der Waals surface area contributed by atoms with E-state index in [1.807, 2.05) is 0 Å². The van der Waals surface area contributed by atoms with Crippen LogP contribution in [-0.2, 0) is 4.74 Å². The summed E-state index contributed by atoms with van der Waals surface area (Å²) < 4.78 is 30.3. The maximum atomic E-state index is 12.4. The van der Waals surface area contributed by atoms with Gasteiger partial charge in [-0.15, -0.1) is 0 Å². The molecule has 0 radical (unpaired) electrons. The molecule has 1 aliphatic heterocycles. The molecule has 88 valence electrons. The molecule has 2 rings (SSSR count). The predicted octanol–water partition coefficient (Wildman–Crippen LogP) is 2.80. The highest BCUT2D eigenvalue weighted by atomic mass is 19.3. The van der Waals surface area contributed by atoms with E-state index in [9.17, 15) is 8.78 Å². The number of rotatable bonds is 2. The number of hydrogen-bond acceptors (Lipinski definition) is 2. The highest BCUT2D eigenvalue weighted by Crippen LogP contribution is 2.28. The first kappa shape index (κ1) is 11.5. The van der Waals surface area contributed by atoms with Crippen molar-refractivity contribution in [3.8, 4) is 0 Å². The summed E-state index contributed by atoms with van der Waals surface area (Å²) in [6, 6.07) is 6.44. The van der Waals surface area contributed by atoms with Crippen molar-refractivity contribution in [2.24, 2.45) is 5.73 Å². The van der Waals surface area contributed by atoms with Crippen LogP contribution in [0.15, 0.2) is 24.3 Å². The lowest BCUT2D eigenvalue weighted by Gasteiger charge is -2.27. The lowest BCUT2D eigenvalue weighted by molar-refractivity contribution is 0.00662. The first-order chi connectivity index (χ1) is 7.66. The molecule has 1 aromatic rings. The molecule has 0 saturated carbocycles. The zero-order chi connectivity index (χ0) is 11.5. The van der Waals surface area contributed by atoms with Crippen molar-refractivity contribution in [2.75, 3.05) is 6.61 Å². The molecule has 16 heavy (non-hydrogen) atoms. The molecule has 1 heterocycles. The van der Waals surface area contributed by atoms with Gasteiger partial charge in [0.15, 0.2) is 0 Å². The van der Waals surface area contributed by atoms with Crippen LogP contribution in [0.25, 0.3) is 0 Å². The predicted molar refractivity (Wildman–Crippen MR) is 57.3 cm³/mol. The van der Waals surface area contributed by atoms with Crippen LogP contribution in [0.4, 0.5) is 8.78 Å². The van der Waals surface area contributed by atoms with Crippen LogP contribution in [0.2, 0.25) is 0 Å². The van der Waals surface area contributed by atoms with Gasteiger partial charge in [-0.25, -0.2) is 8.78 Å². The minimum absolute atomic E-state index is 0.0452. The molecule has 0 spiro atoms. The van der Waals surface area contributed by atoms with Crippen molar-refractivity contribution in [1.82, 2.24) is 0 Å². The van der Waals surface area contributed by atoms with E-state index in [0.29, 0.717) is 6.61 Å². The summed E-state index contributed by atoms with van der Waals surface area (Å²) in [7, 11) is 0. The molecule has 0 aromatic heterocycles. The van der Waals surface area contributed by atoms with Gasteiger partial charge in [-0.05, 0) is 18.4 Å². The fraction of sp³-hybridized carbons (Fsp3) is 0.500. The number of nitrogens with two attached hydrogens (primary N) is 1. The van der Waals surface area contributed by atoms with Crippen molar-refractivity contribution in [1.29, 1.82) is 0 Å². The fourth-order valence-electron chi connectivity index (χ4n) is 1.91. The average molecular weight is 227 g/mol. The van der Waals surface area contributed by atoms with Crippen molar-refractivity contribution in [3.63, 3.8) is 0 Å². The fourth-order valence-corrected chi connectivity index (χ4v) is 1.91. The summed E-state index contributed by atoms with van der Waals surface area (Å²) in [6.45, 7) is 0.641. The molecule has 1 aliphatic rings. The van der Waals surface area contributed by atoms with Gasteiger partial charge in [-0.2, -0.15) is 0 Å². The Morgan fingerprint density at radius 2 is 1.94 bits per heavy atom. The molecule has 1 fully saturated rings. The van der Waals surface area contributed by atoms with E-state index in [0.717, 1.165) is 18.4 Å². The zero-order valence-corrected chi connectivity index (χ0v) is 8.90. The van der Waals surface area contributed by atoms with Gasteiger partial charge in [-0.1, -0.05) is 24.3 Å². The van der Waals surface area contributed by atoms with Crippen molar-refractivity contribution >= 4 is 0 Å². The van der Waals surface area contributed by atoms with Gasteiger partial charge in [0.25, 0.3) is 6.43 Å². The van der Waals surface area contributed by atoms with Crippen LogP contribution in [0, 0.1) is 0 Å². The van der Waals surface area contributed by atoms with Gasteiger partial charge in [0, 0.05) is 18.2 Å². The normalized spacial score (nSPS) is 26.0. The second-order valence-corrected chi connectivity index (χ2v) is 4.11. The Hall–Kier alpha value is -1.00. The molecule has 1 aromatic carbocycles. The maximum absolute atomic E-state index is 12.4. The monoisotopic (exact) mass is 227 g/mol. The van der Waals surface area contributed by atoms with Crippen molar-refractivity contribution in [2.45, 2.75) is 31.4 Å². The van der Waals surface area contributed by atoms with E-state index in [4.69, 9.17) is 10.5 Å². The van der Waals surface area contributed by atoms with Gasteiger partial charge in [0.2, 0.25) is 0 Å². The second kappa shape index (κ2) is 4.89. The smallest absolute Gasteiger partial charge is 0.263 e. The van der Waals surface area contributed by atoms with E-state index in [1.54, 1.807) is 12.1 Å². The van der Waals surface area contributed by atoms with Gasteiger partial charge in [0.1, 0.15) is 0 Å². The number of alkyl halides is 2. The Kier molecular flexibility index (Phi) is 3.51. The van der Waals surface area contributed by atoms with Crippen LogP contribution in [0.5, 0.6) is 0 Å². The summed E-state index contributed by atoms with van der Waals surface area (Å²) in [4.78, 5) is 0. The molecular formula is C12H15F2NO. The SMILES string of the molecule is NC1CCOC(c2ccc(C(F)F)cc2)C1. The third-order valence-electron chi connectivity index (χ3n) is 2.88. The zero-order valence-electron chi connectivity index (χ0n) is 8.90. The first-order valence-electron chi connectivity index (χ1n) is 5.42. The largest absolute Gasteiger partial charge is 0.373 e. The average Bonchev–Trinajstić information content (AvgIpc) is 2.29. The maximum Gasteiger partial charge on any atom is 0.263 e. The van der Waals surface area contributed by atoms with Gasteiger partial charge >= 0.3 is 0 Å². The summed E-state index contributed by atoms with van der Waals surface area (Å²) in [5.41, 5.74) is 6.82. The molecular weight excluding hydrogens is 212 g/mol. The minimum Gasteiger partial charge on any atom is -0.373 e. The van der Waals surface area contributed by atoms with Gasteiger partial charge < -0.3 is 10.5 Å². The van der Waals surface area contributed by atoms with E-state index < -0.39 is 6.43 Å². The number of ether oxygens (including phenoxy) is 1. The van der Waals surface area contributed by atoms with Crippen LogP contribution in [0.1, 0.15) is 36.5 Å². The van der Waals surface area contributed by atoms with Crippen LogP contribution in [0.3, 0.4) is 0 Å². The molecule has 0 bridgehead atoms. The van der Waals surface area contributed by atoms with Gasteiger partial charge in [0.05, 0.1) is 6.10 Å². The van der Waals surface area contributed by atoms with E-state index in [-0.39, 0.29) is 17.7 Å². The third-order valence-corrected chi connectivity index (χ3v) is 2.88. The van der Waals surface area contributed by atoms with Crippen molar-refractivity contribution in [3.05, 3.63) is 35.4 Å². The summed E-state index contributed by atoms with van der Waals surface area (Å²) in [6.07, 6.45) is -0.835. The minimum atomic E-state index is -2.41. The Labute approximate surface area is 93.4 Å². The molecule has 0 amide bonds. The second-order valence-electron chi connectivity index (χ2n) is 4.11. The number of hydrogen-bond donors (Lipinski definition) is 1. The standard InChI is InChI=1S/C12H15F2NO/c13-12(14)9-3-1-8(2-4-9)11-7-10(15)5-6-16-11/h1-4,10-12H,5-7,15H2. The molecule has 2 unspecified atom stereocenters. The molecule has 2 N–H and O–H groups in total. The number of halogens is 2. The van der Waals surface area contributed by atoms with E-state index in [2.05, 4.69) is 0 Å². The topological polar surface area (TPSA) is 35.2 Å². The highest BCUT2D eigenvalue weighted by molar-refractivity contribution is 5.25. The Balaban J connectivity index is 2.09. The quantitative estimate of drug-likeness (QED) is 0.843. The van der Waals surface area contributed by atoms with Crippen LogP contribution < -0.4 is 5.73 Å². The molecule has 2 atom stereocenters. The highest BCUT2D eigenvalue weighted by Gasteiger charge is 2.21. The number of benzene rings is 1. The lowest BCUT2D eigenvalue weighted by atomic mass is 9.97. The Bertz CT molecular complexity index is 339. The van der Waals surface area contributed by atoms with E-state index >= 15 is 0 Å². The first-order valence-corrected chi connectivity index (χ1v) is 5.42. The van der Waals surface area contributed by atoms with Crippen molar-refractivity contribution < 1.29 is 13.5 Å². The molecule has 4 heteroatoms. The summed E-state index contributed by atoms with van der Waals surface area (Å²) in [5.74, 6) is 0. The van der Waals surface area contributed by atoms with Crippen LogP contribution >= 0.6 is 0 Å². The summed E-state index contributed by atoms with van der Waals surface area (Å²) >= 11 is 0. The lowest BCUT2D eigenvalue weighted by Crippen LogP contribution is -2.30. The Morgan fingerprint density at radius 1 is 1.25 bits per heavy atom. The molecule has 1 saturated heterocycles.